The number of amides is 11. The number of aliphatic carboxylic acids is 2. The average Bonchev–Trinajstić information content (AvgIpc) is 1.46. The van der Waals surface area contributed by atoms with Crippen LogP contribution in [0.5, 0.6) is 0 Å². The molecule has 0 fully saturated rings. The Morgan fingerprint density at radius 1 is 0.426 bits per heavy atom. The van der Waals surface area contributed by atoms with E-state index in [0.717, 1.165) is 5.56 Å². The van der Waals surface area contributed by atoms with E-state index in [1.165, 1.54) is 0 Å². The number of nitrogens with zero attached hydrogens (tertiary/aromatic N) is 2. The zero-order chi connectivity index (χ0) is 70.3. The maximum absolute atomic E-state index is 13.9. The van der Waals surface area contributed by atoms with Gasteiger partial charge in [0.15, 0.2) is 11.9 Å². The van der Waals surface area contributed by atoms with Gasteiger partial charge in [-0.2, -0.15) is 25.3 Å². The first-order valence-corrected chi connectivity index (χ1v) is 30.7. The fraction of sp³-hybridized carbons (Fsp3) is 0.518. The predicted octanol–water partition coefficient (Wildman–Crippen LogP) is -8.97. The summed E-state index contributed by atoms with van der Waals surface area (Å²) < 4.78 is 0. The van der Waals surface area contributed by atoms with Gasteiger partial charge in [0.2, 0.25) is 65.0 Å². The highest BCUT2D eigenvalue weighted by atomic mass is 32.1. The number of carboxylic acids is 2. The number of nitrogens with two attached hydrogens (primary N) is 6. The van der Waals surface area contributed by atoms with Crippen LogP contribution in [0.3, 0.4) is 0 Å². The molecule has 27 N–H and O–H groups in total. The lowest BCUT2D eigenvalue weighted by molar-refractivity contribution is -0.142. The molecule has 2 aromatic rings. The van der Waals surface area contributed by atoms with Crippen molar-refractivity contribution in [2.24, 2.45) is 44.4 Å². The first kappa shape index (κ1) is 80.7. The summed E-state index contributed by atoms with van der Waals surface area (Å²) in [5.41, 5.74) is 34.4. The minimum absolute atomic E-state index is 0.0363. The van der Waals surface area contributed by atoms with E-state index in [0.29, 0.717) is 18.4 Å². The van der Waals surface area contributed by atoms with Gasteiger partial charge < -0.3 is 113 Å². The van der Waals surface area contributed by atoms with Gasteiger partial charge in [-0.05, 0) is 69.0 Å². The van der Waals surface area contributed by atoms with Crippen molar-refractivity contribution in [3.05, 3.63) is 71.8 Å². The second-order valence-corrected chi connectivity index (χ2v) is 21.7. The summed E-state index contributed by atoms with van der Waals surface area (Å²) in [6.07, 6.45) is -0.305. The Balaban J connectivity index is 2.20. The third-order valence-corrected chi connectivity index (χ3v) is 14.2. The van der Waals surface area contributed by atoms with Crippen LogP contribution >= 0.6 is 25.3 Å². The van der Waals surface area contributed by atoms with Crippen LogP contribution in [0, 0.1) is 0 Å². The van der Waals surface area contributed by atoms with Crippen molar-refractivity contribution in [2.45, 2.75) is 125 Å². The van der Waals surface area contributed by atoms with Gasteiger partial charge in [-0.1, -0.05) is 60.7 Å². The zero-order valence-corrected chi connectivity index (χ0v) is 53.1. The lowest BCUT2D eigenvalue weighted by Crippen LogP contribution is -2.61. The number of benzene rings is 2. The Morgan fingerprint density at radius 2 is 0.787 bits per heavy atom. The maximum Gasteiger partial charge on any atom is 0.326 e. The normalized spacial score (nSPS) is 14.0. The highest BCUT2D eigenvalue weighted by Gasteiger charge is 2.34. The highest BCUT2D eigenvalue weighted by molar-refractivity contribution is 7.80. The van der Waals surface area contributed by atoms with E-state index < -0.39 is 176 Å². The number of unbranched alkanes of at least 4 members (excludes halogenated alkanes) is 1. The van der Waals surface area contributed by atoms with Gasteiger partial charge in [0.1, 0.15) is 54.4 Å². The van der Waals surface area contributed by atoms with Crippen LogP contribution in [0.1, 0.15) is 62.5 Å². The van der Waals surface area contributed by atoms with Crippen molar-refractivity contribution in [2.75, 3.05) is 57.4 Å². The fourth-order valence-electron chi connectivity index (χ4n) is 8.46. The Kier molecular flexibility index (Phi) is 38.0. The predicted molar refractivity (Wildman–Crippen MR) is 346 cm³/mol. The molecule has 520 valence electrons. The van der Waals surface area contributed by atoms with Crippen molar-refractivity contribution >= 4 is 114 Å². The molecule has 2 rings (SSSR count). The molecule has 38 heteroatoms. The molecule has 0 saturated carbocycles. The van der Waals surface area contributed by atoms with Crippen molar-refractivity contribution in [1.82, 2.24) is 58.5 Å². The van der Waals surface area contributed by atoms with Gasteiger partial charge >= 0.3 is 11.9 Å². The van der Waals surface area contributed by atoms with E-state index in [1.54, 1.807) is 60.7 Å². The number of hydrogen-bond donors (Lipinski definition) is 23. The second-order valence-electron chi connectivity index (χ2n) is 20.9. The molecular formula is C56H87N19O17S2. The van der Waals surface area contributed by atoms with E-state index in [4.69, 9.17) is 34.4 Å². The maximum atomic E-state index is 13.9. The number of aliphatic hydroxyl groups excluding tert-OH is 2. The summed E-state index contributed by atoms with van der Waals surface area (Å²) in [5, 5.41) is 65.3. The van der Waals surface area contributed by atoms with Gasteiger partial charge in [-0.15, -0.1) is 0 Å². The molecule has 0 heterocycles. The summed E-state index contributed by atoms with van der Waals surface area (Å²) in [7, 11) is 0. The number of carboxylic acid groups (broad SMARTS) is 2. The summed E-state index contributed by atoms with van der Waals surface area (Å²) in [6.45, 7) is -3.68. The van der Waals surface area contributed by atoms with E-state index in [-0.39, 0.29) is 82.3 Å². The van der Waals surface area contributed by atoms with Crippen molar-refractivity contribution in [3.8, 4) is 0 Å². The lowest BCUT2D eigenvalue weighted by Gasteiger charge is -2.26. The van der Waals surface area contributed by atoms with Crippen LogP contribution < -0.4 is 92.9 Å². The molecule has 11 amide bonds. The number of carbonyl (C=O) groups excluding carboxylic acids is 11. The third-order valence-electron chi connectivity index (χ3n) is 13.4. The summed E-state index contributed by atoms with van der Waals surface area (Å²) in [6, 6.07) is 1.36. The topological polar surface area (TPSA) is 616 Å². The smallest absolute Gasteiger partial charge is 0.326 e. The Hall–Kier alpha value is -9.37. The molecule has 2 aromatic carbocycles. The zero-order valence-electron chi connectivity index (χ0n) is 51.3. The van der Waals surface area contributed by atoms with Crippen LogP contribution in [0.25, 0.3) is 0 Å². The minimum atomic E-state index is -1.89. The monoisotopic (exact) mass is 1360 g/mol. The molecule has 0 aliphatic rings. The van der Waals surface area contributed by atoms with E-state index in [2.05, 4.69) is 93.7 Å². The molecule has 0 spiro atoms. The first-order valence-electron chi connectivity index (χ1n) is 29.5. The molecule has 0 unspecified atom stereocenters. The summed E-state index contributed by atoms with van der Waals surface area (Å²) in [5.74, 6) is -15.5. The van der Waals surface area contributed by atoms with Crippen molar-refractivity contribution in [1.29, 1.82) is 0 Å². The van der Waals surface area contributed by atoms with E-state index in [9.17, 15) is 82.8 Å². The minimum Gasteiger partial charge on any atom is -0.481 e. The molecule has 0 bridgehead atoms. The van der Waals surface area contributed by atoms with Gasteiger partial charge in [-0.25, -0.2) is 4.79 Å². The molecule has 94 heavy (non-hydrogen) atoms. The highest BCUT2D eigenvalue weighted by Crippen LogP contribution is 2.09. The molecule has 0 aliphatic heterocycles. The molecule has 0 radical (unpaired) electrons. The molecule has 0 aliphatic carbocycles. The Morgan fingerprint density at radius 3 is 1.22 bits per heavy atom. The standard InChI is InChI=1S/C56H87N19O17S2/c57-18-8-7-15-35(54(91)92)70-48(85)34(17-10-20-64-56(61)62)67-42(78)24-65-46(83)33(16-9-19-63-55(59)60)69-52(89)41(29-94)75-51(88)39(27-77)73-50(87)38(26-76)72-49(86)36(22-31-13-5-2-6-14-31)68-43(79)25-66-47(84)37(23-44(80)81)71-53(90)40(28-93)74-45(82)32(58)21-30-11-3-1-4-12-30/h1-6,11-14,32-41,76-77,93-94H,7-10,15-29,57-58H2,(H,65,83)(H,66,84)(H,67,78)(H,68,79)(H,69,89)(H,70,85)(H,71,90)(H,72,86)(H,73,87)(H,74,82)(H,75,88)(H,80,81)(H,91,92)(H4,59,60,63)(H4,61,62,64)/t32-,33-,34-,35-,36-,37-,38-,39-,40-,41-/m0/s1. The SMILES string of the molecule is NCCCC[C@H](NC(=O)[C@H](CCCN=C(N)N)NC(=O)CNC(=O)[C@H](CCCN=C(N)N)NC(=O)[C@H](CS)NC(=O)[C@H](CO)NC(=O)[C@H](CO)NC(=O)[C@H](Cc1ccccc1)NC(=O)CNC(=O)[C@H](CC(=O)O)NC(=O)[C@H](CS)NC(=O)[C@@H](N)Cc1ccccc1)C(=O)O. The summed E-state index contributed by atoms with van der Waals surface area (Å²) >= 11 is 8.25. The average molecular weight is 1360 g/mol. The van der Waals surface area contributed by atoms with Crippen LogP contribution in [-0.4, -0.2) is 227 Å². The second kappa shape index (κ2) is 44.2. The lowest BCUT2D eigenvalue weighted by atomic mass is 10.0. The number of nitrogens with one attached hydrogen (secondary N) is 11. The largest absolute Gasteiger partial charge is 0.481 e. The van der Waals surface area contributed by atoms with Crippen molar-refractivity contribution in [3.63, 3.8) is 0 Å². The van der Waals surface area contributed by atoms with Crippen LogP contribution in [0.4, 0.5) is 0 Å². The molecule has 36 nitrogen and oxygen atoms in total. The van der Waals surface area contributed by atoms with Gasteiger partial charge in [0, 0.05) is 31.0 Å². The first-order chi connectivity index (χ1) is 44.7. The number of aliphatic imine (C=N–C) groups is 2. The third kappa shape index (κ3) is 31.8. The number of aliphatic hydroxyl groups is 2. The fourth-order valence-corrected chi connectivity index (χ4v) is 8.97. The van der Waals surface area contributed by atoms with Gasteiger partial charge in [0.05, 0.1) is 38.8 Å². The van der Waals surface area contributed by atoms with Crippen LogP contribution in [0.15, 0.2) is 70.6 Å². The van der Waals surface area contributed by atoms with E-state index >= 15 is 0 Å². The number of hydrogen-bond acceptors (Lipinski definition) is 21. The number of thiol groups is 2. The van der Waals surface area contributed by atoms with Gasteiger partial charge in [-0.3, -0.25) is 67.5 Å². The molecule has 10 atom stereocenters. The Labute approximate surface area is 551 Å². The quantitative estimate of drug-likeness (QED) is 0.0127. The Bertz CT molecular complexity index is 2910. The molecule has 0 saturated heterocycles. The van der Waals surface area contributed by atoms with Crippen molar-refractivity contribution < 1.29 is 82.8 Å². The summed E-state index contributed by atoms with van der Waals surface area (Å²) in [4.78, 5) is 179. The number of rotatable bonds is 45. The number of guanidine groups is 2. The number of carbonyl (C=O) groups is 13. The van der Waals surface area contributed by atoms with E-state index in [1.807, 2.05) is 0 Å². The molecule has 0 aromatic heterocycles. The van der Waals surface area contributed by atoms with Crippen LogP contribution in [-0.2, 0) is 75.2 Å². The van der Waals surface area contributed by atoms with Gasteiger partial charge in [0.25, 0.3) is 0 Å². The molecular weight excluding hydrogens is 1270 g/mol. The van der Waals surface area contributed by atoms with Crippen LogP contribution in [0.2, 0.25) is 0 Å².